The maximum atomic E-state index is 14.3. The molecule has 3 aliphatic rings. The highest BCUT2D eigenvalue weighted by Crippen LogP contribution is 2.51. The molecule has 0 unspecified atom stereocenters. The standard InChI is InChI=1S/C29H35B3F3N5O2/c1-26(7-4-8-26)36-14-17-9-21-22(23(10-17)28(33,34)35)15-40(24(21)41)19-6-3-5-18(11-19)27(25-38-37-16-39(25)2)12-20(13-27)42-29(30,31)32/h3,5-6,9-11,16,20,36H,4,7-8,12-15,30-32H2,1-2H3/t20-,27-. The minimum absolute atomic E-state index is 0.0200. The summed E-state index contributed by atoms with van der Waals surface area (Å²) in [6.07, 6.45) is 1.57. The average molecular weight is 575 g/mol. The first-order chi connectivity index (χ1) is 19.7. The summed E-state index contributed by atoms with van der Waals surface area (Å²) < 4.78 is 51.0. The van der Waals surface area contributed by atoms with E-state index in [0.29, 0.717) is 24.1 Å². The fourth-order valence-corrected chi connectivity index (χ4v) is 6.77. The summed E-state index contributed by atoms with van der Waals surface area (Å²) in [6, 6.07) is 10.4. The topological polar surface area (TPSA) is 72.3 Å². The molecule has 1 aromatic heterocycles. The van der Waals surface area contributed by atoms with Gasteiger partial charge in [-0.05, 0) is 85.3 Å². The second-order valence-corrected chi connectivity index (χ2v) is 13.5. The Morgan fingerprint density at radius 2 is 1.88 bits per heavy atom. The van der Waals surface area contributed by atoms with Crippen LogP contribution in [0.5, 0.6) is 0 Å². The highest BCUT2D eigenvalue weighted by molar-refractivity contribution is 6.58. The summed E-state index contributed by atoms with van der Waals surface area (Å²) >= 11 is 0. The van der Waals surface area contributed by atoms with Gasteiger partial charge in [-0.1, -0.05) is 12.1 Å². The Balaban J connectivity index is 1.32. The van der Waals surface area contributed by atoms with Crippen molar-refractivity contribution in [3.05, 3.63) is 76.4 Å². The summed E-state index contributed by atoms with van der Waals surface area (Å²) in [5, 5.41) is 11.6. The minimum atomic E-state index is -4.57. The second kappa shape index (κ2) is 10.0. The van der Waals surface area contributed by atoms with E-state index < -0.39 is 23.1 Å². The van der Waals surface area contributed by atoms with E-state index >= 15 is 0 Å². The Labute approximate surface area is 246 Å². The van der Waals surface area contributed by atoms with Crippen molar-refractivity contribution in [1.82, 2.24) is 20.1 Å². The van der Waals surface area contributed by atoms with Gasteiger partial charge in [-0.15, -0.1) is 10.2 Å². The molecule has 7 nitrogen and oxygen atoms in total. The number of hydrogen-bond acceptors (Lipinski definition) is 5. The van der Waals surface area contributed by atoms with Crippen molar-refractivity contribution >= 4 is 35.1 Å². The van der Waals surface area contributed by atoms with Gasteiger partial charge in [-0.2, -0.15) is 13.2 Å². The molecule has 0 spiro atoms. The minimum Gasteiger partial charge on any atom is -0.397 e. The van der Waals surface area contributed by atoms with E-state index in [0.717, 1.165) is 30.7 Å². The van der Waals surface area contributed by atoms with Crippen LogP contribution in [0.15, 0.2) is 42.7 Å². The third-order valence-electron chi connectivity index (χ3n) is 9.11. The van der Waals surface area contributed by atoms with Crippen LogP contribution in [0.4, 0.5) is 18.9 Å². The van der Waals surface area contributed by atoms with Crippen LogP contribution in [0, 0.1) is 0 Å². The maximum absolute atomic E-state index is 14.3. The molecule has 0 bridgehead atoms. The Hall–Kier alpha value is -3.05. The summed E-state index contributed by atoms with van der Waals surface area (Å²) in [5.41, 5.74) is 0.829. The average Bonchev–Trinajstić information content (AvgIpc) is 3.45. The monoisotopic (exact) mass is 575 g/mol. The predicted octanol–water partition coefficient (Wildman–Crippen LogP) is 2.00. The number of rotatable bonds is 8. The number of carbonyl (C=O) groups excluding carboxylic acids is 1. The first kappa shape index (κ1) is 29.0. The number of amides is 1. The SMILES string of the molecule is BC(B)(B)O[C@H]1C[C@](c2cccc(N3Cc4c(cc(CNC5(C)CCC5)cc4C(F)(F)F)C3=O)c2)(c2nncn2C)C1. The zero-order chi connectivity index (χ0) is 30.1. The van der Waals surface area contributed by atoms with Gasteiger partial charge < -0.3 is 19.5 Å². The van der Waals surface area contributed by atoms with Gasteiger partial charge in [0.2, 0.25) is 0 Å². The van der Waals surface area contributed by atoms with Gasteiger partial charge in [-0.3, -0.25) is 4.79 Å². The number of nitrogens with zero attached hydrogens (tertiary/aromatic N) is 4. The zero-order valence-electron chi connectivity index (χ0n) is 24.8. The molecule has 2 saturated carbocycles. The van der Waals surface area contributed by atoms with Crippen LogP contribution in [0.2, 0.25) is 0 Å². The van der Waals surface area contributed by atoms with Crippen LogP contribution in [-0.2, 0) is 36.5 Å². The summed E-state index contributed by atoms with van der Waals surface area (Å²) in [5.74, 6) is 0.376. The van der Waals surface area contributed by atoms with Crippen LogP contribution < -0.4 is 10.2 Å². The number of halogens is 3. The number of hydrogen-bond donors (Lipinski definition) is 1. The van der Waals surface area contributed by atoms with Gasteiger partial charge in [0.15, 0.2) is 0 Å². The molecule has 1 amide bonds. The molecule has 13 heteroatoms. The van der Waals surface area contributed by atoms with E-state index in [1.54, 1.807) is 18.5 Å². The number of anilines is 1. The smallest absolute Gasteiger partial charge is 0.397 e. The van der Waals surface area contributed by atoms with Crippen LogP contribution in [0.25, 0.3) is 0 Å². The quantitative estimate of drug-likeness (QED) is 0.417. The Kier molecular flexibility index (Phi) is 6.92. The van der Waals surface area contributed by atoms with Gasteiger partial charge in [0.25, 0.3) is 5.91 Å². The molecule has 1 N–H and O–H groups in total. The summed E-state index contributed by atoms with van der Waals surface area (Å²) in [6.45, 7) is 2.24. The maximum Gasteiger partial charge on any atom is 0.416 e. The predicted molar refractivity (Wildman–Crippen MR) is 162 cm³/mol. The van der Waals surface area contributed by atoms with E-state index in [-0.39, 0.29) is 41.2 Å². The van der Waals surface area contributed by atoms with Crippen molar-refractivity contribution < 1.29 is 22.7 Å². The number of nitrogens with one attached hydrogen (secondary N) is 1. The summed E-state index contributed by atoms with van der Waals surface area (Å²) in [7, 11) is 7.97. The molecule has 0 atom stereocenters. The molecular formula is C29H35B3F3N5O2. The number of benzene rings is 2. The van der Waals surface area contributed by atoms with Crippen LogP contribution in [-0.4, -0.2) is 61.2 Å². The highest BCUT2D eigenvalue weighted by Gasteiger charge is 2.51. The lowest BCUT2D eigenvalue weighted by Crippen LogP contribution is -2.52. The Morgan fingerprint density at radius 1 is 1.14 bits per heavy atom. The van der Waals surface area contributed by atoms with Crippen molar-refractivity contribution in [1.29, 1.82) is 0 Å². The first-order valence-electron chi connectivity index (χ1n) is 14.6. The van der Waals surface area contributed by atoms with E-state index in [2.05, 4.69) is 22.4 Å². The highest BCUT2D eigenvalue weighted by atomic mass is 19.4. The van der Waals surface area contributed by atoms with Crippen molar-refractivity contribution in [3.63, 3.8) is 0 Å². The van der Waals surface area contributed by atoms with Crippen molar-refractivity contribution in [2.45, 2.75) is 80.7 Å². The summed E-state index contributed by atoms with van der Waals surface area (Å²) in [4.78, 5) is 15.2. The van der Waals surface area contributed by atoms with Crippen LogP contribution in [0.1, 0.15) is 77.5 Å². The molecule has 2 aliphatic carbocycles. The number of carbonyl (C=O) groups is 1. The molecule has 6 rings (SSSR count). The van der Waals surface area contributed by atoms with E-state index in [9.17, 15) is 18.0 Å². The molecule has 42 heavy (non-hydrogen) atoms. The van der Waals surface area contributed by atoms with Gasteiger partial charge >= 0.3 is 6.18 Å². The number of aromatic nitrogens is 3. The molecule has 0 saturated heterocycles. The molecule has 3 aromatic rings. The number of fused-ring (bicyclic) bond motifs is 1. The van der Waals surface area contributed by atoms with Crippen LogP contribution in [0.3, 0.4) is 0 Å². The molecular weight excluding hydrogens is 540 g/mol. The third kappa shape index (κ3) is 5.19. The van der Waals surface area contributed by atoms with Gasteiger partial charge in [0.05, 0.1) is 23.6 Å². The molecule has 0 radical (unpaired) electrons. The molecule has 2 heterocycles. The molecule has 218 valence electrons. The van der Waals surface area contributed by atoms with Crippen molar-refractivity contribution in [2.24, 2.45) is 7.05 Å². The number of ether oxygens (including phenoxy) is 1. The lowest BCUT2D eigenvalue weighted by Gasteiger charge is -2.49. The second-order valence-electron chi connectivity index (χ2n) is 13.5. The normalized spacial score (nSPS) is 23.4. The fraction of sp³-hybridized carbons (Fsp3) is 0.483. The van der Waals surface area contributed by atoms with E-state index in [1.807, 2.05) is 53.4 Å². The van der Waals surface area contributed by atoms with Gasteiger partial charge in [0, 0.05) is 30.4 Å². The lowest BCUT2D eigenvalue weighted by molar-refractivity contribution is -0.138. The van der Waals surface area contributed by atoms with Gasteiger partial charge in [0.1, 0.15) is 35.7 Å². The van der Waals surface area contributed by atoms with Gasteiger partial charge in [-0.25, -0.2) is 0 Å². The Bertz CT molecular complexity index is 1530. The van der Waals surface area contributed by atoms with E-state index in [4.69, 9.17) is 4.74 Å². The first-order valence-corrected chi connectivity index (χ1v) is 14.6. The fourth-order valence-electron chi connectivity index (χ4n) is 6.77. The molecule has 1 aliphatic heterocycles. The van der Waals surface area contributed by atoms with Crippen molar-refractivity contribution in [3.8, 4) is 0 Å². The molecule has 2 aromatic carbocycles. The zero-order valence-corrected chi connectivity index (χ0v) is 24.8. The number of alkyl halides is 3. The lowest BCUT2D eigenvalue weighted by atomic mass is 9.51. The number of aryl methyl sites for hydroxylation is 1. The van der Waals surface area contributed by atoms with Crippen LogP contribution >= 0.6 is 0 Å². The van der Waals surface area contributed by atoms with E-state index in [1.165, 1.54) is 11.0 Å². The molecule has 2 fully saturated rings. The Morgan fingerprint density at radius 3 is 2.48 bits per heavy atom. The van der Waals surface area contributed by atoms with Crippen molar-refractivity contribution in [2.75, 3.05) is 4.90 Å². The third-order valence-corrected chi connectivity index (χ3v) is 9.11. The largest absolute Gasteiger partial charge is 0.416 e.